The Bertz CT molecular complexity index is 1740. The van der Waals surface area contributed by atoms with Crippen molar-refractivity contribution in [2.45, 2.75) is 387 Å². The van der Waals surface area contributed by atoms with Gasteiger partial charge in [0.15, 0.2) is 12.2 Å². The van der Waals surface area contributed by atoms with Crippen LogP contribution in [0.2, 0.25) is 0 Å². The number of unbranched alkanes of at least 4 members (excludes halogenated alkanes) is 43. The average molecular weight is 1330 g/mol. The second-order valence-corrected chi connectivity index (χ2v) is 29.0. The zero-order valence-corrected chi connectivity index (χ0v) is 60.1. The topological polar surface area (TPSA) is 237 Å². The van der Waals surface area contributed by atoms with Crippen molar-refractivity contribution in [1.82, 2.24) is 0 Å². The Morgan fingerprint density at radius 1 is 0.300 bits per heavy atom. The number of hydrogen-bond donors (Lipinski definition) is 3. The van der Waals surface area contributed by atoms with E-state index in [0.29, 0.717) is 31.6 Å². The van der Waals surface area contributed by atoms with Crippen LogP contribution < -0.4 is 0 Å². The minimum Gasteiger partial charge on any atom is -0.462 e. The quantitative estimate of drug-likeness (QED) is 0.0222. The highest BCUT2D eigenvalue weighted by molar-refractivity contribution is 7.47. The van der Waals surface area contributed by atoms with Crippen molar-refractivity contribution in [2.24, 2.45) is 5.92 Å². The van der Waals surface area contributed by atoms with E-state index < -0.39 is 97.5 Å². The van der Waals surface area contributed by atoms with Crippen molar-refractivity contribution in [3.8, 4) is 0 Å². The molecule has 2 unspecified atom stereocenters. The largest absolute Gasteiger partial charge is 0.472 e. The van der Waals surface area contributed by atoms with Crippen LogP contribution in [0, 0.1) is 5.92 Å². The summed E-state index contributed by atoms with van der Waals surface area (Å²) in [7, 11) is -9.89. The third-order valence-corrected chi connectivity index (χ3v) is 18.4. The lowest BCUT2D eigenvalue weighted by Crippen LogP contribution is -2.30. The second-order valence-electron chi connectivity index (χ2n) is 26.1. The Hall–Kier alpha value is -1.94. The number of aliphatic hydroxyl groups excluding tert-OH is 1. The fraction of sp³-hybridized carbons (Fsp3) is 0.944. The van der Waals surface area contributed by atoms with E-state index in [2.05, 4.69) is 34.6 Å². The molecule has 0 rings (SSSR count). The normalized spacial score (nSPS) is 14.1. The van der Waals surface area contributed by atoms with E-state index in [1.54, 1.807) is 0 Å². The summed E-state index contributed by atoms with van der Waals surface area (Å²) < 4.78 is 68.2. The van der Waals surface area contributed by atoms with Crippen molar-refractivity contribution in [3.63, 3.8) is 0 Å². The molecule has 0 aliphatic carbocycles. The monoisotopic (exact) mass is 1320 g/mol. The molecule has 5 atom stereocenters. The first-order chi connectivity index (χ1) is 43.5. The van der Waals surface area contributed by atoms with Crippen molar-refractivity contribution < 1.29 is 80.2 Å². The zero-order valence-electron chi connectivity index (χ0n) is 58.3. The average Bonchev–Trinajstić information content (AvgIpc) is 3.42. The Morgan fingerprint density at radius 2 is 0.511 bits per heavy atom. The summed E-state index contributed by atoms with van der Waals surface area (Å²) in [5.74, 6) is -1.43. The van der Waals surface area contributed by atoms with Gasteiger partial charge in [-0.3, -0.25) is 37.3 Å². The molecule has 0 aromatic carbocycles. The van der Waals surface area contributed by atoms with E-state index in [1.165, 1.54) is 180 Å². The predicted octanol–water partition coefficient (Wildman–Crippen LogP) is 20.5. The van der Waals surface area contributed by atoms with Gasteiger partial charge in [0, 0.05) is 25.7 Å². The fourth-order valence-electron chi connectivity index (χ4n) is 10.8. The van der Waals surface area contributed by atoms with E-state index in [-0.39, 0.29) is 25.7 Å². The number of phosphoric ester groups is 2. The number of rotatable bonds is 71. The van der Waals surface area contributed by atoms with Gasteiger partial charge in [-0.25, -0.2) is 9.13 Å². The van der Waals surface area contributed by atoms with Crippen molar-refractivity contribution in [1.29, 1.82) is 0 Å². The third-order valence-electron chi connectivity index (χ3n) is 16.5. The van der Waals surface area contributed by atoms with E-state index in [9.17, 15) is 43.2 Å². The van der Waals surface area contributed by atoms with E-state index in [0.717, 1.165) is 103 Å². The summed E-state index contributed by atoms with van der Waals surface area (Å²) in [6.07, 6.45) is 51.6. The first-order valence-electron chi connectivity index (χ1n) is 37.1. The molecule has 0 aromatic heterocycles. The molecule has 0 radical (unpaired) electrons. The maximum absolute atomic E-state index is 13.0. The van der Waals surface area contributed by atoms with Gasteiger partial charge in [0.25, 0.3) is 0 Å². The first-order valence-corrected chi connectivity index (χ1v) is 40.1. The number of carbonyl (C=O) groups is 4. The van der Waals surface area contributed by atoms with Crippen molar-refractivity contribution in [2.75, 3.05) is 39.6 Å². The molecule has 0 aliphatic heterocycles. The van der Waals surface area contributed by atoms with Gasteiger partial charge in [-0.2, -0.15) is 0 Å². The van der Waals surface area contributed by atoms with E-state index >= 15 is 0 Å². The smallest absolute Gasteiger partial charge is 0.462 e. The molecule has 0 fully saturated rings. The highest BCUT2D eigenvalue weighted by Crippen LogP contribution is 2.45. The number of carbonyl (C=O) groups excluding carboxylic acids is 4. The van der Waals surface area contributed by atoms with Crippen LogP contribution in [-0.4, -0.2) is 96.7 Å². The first kappa shape index (κ1) is 88.1. The molecule has 90 heavy (non-hydrogen) atoms. The molecular weight excluding hydrogens is 1190 g/mol. The lowest BCUT2D eigenvalue weighted by molar-refractivity contribution is -0.161. The Balaban J connectivity index is 5.19. The molecule has 0 spiro atoms. The molecule has 0 bridgehead atoms. The van der Waals surface area contributed by atoms with Gasteiger partial charge >= 0.3 is 39.5 Å². The van der Waals surface area contributed by atoms with E-state index in [1.807, 2.05) is 0 Å². The van der Waals surface area contributed by atoms with Crippen LogP contribution in [0.15, 0.2) is 0 Å². The molecule has 0 amide bonds. The van der Waals surface area contributed by atoms with Gasteiger partial charge in [0.2, 0.25) is 0 Å². The predicted molar refractivity (Wildman–Crippen MR) is 363 cm³/mol. The van der Waals surface area contributed by atoms with Crippen molar-refractivity contribution in [3.05, 3.63) is 0 Å². The molecule has 19 heteroatoms. The number of ether oxygens (including phenoxy) is 4. The van der Waals surface area contributed by atoms with Gasteiger partial charge in [0.1, 0.15) is 19.3 Å². The van der Waals surface area contributed by atoms with Gasteiger partial charge in [-0.15, -0.1) is 0 Å². The summed E-state index contributed by atoms with van der Waals surface area (Å²) in [6, 6.07) is 0. The highest BCUT2D eigenvalue weighted by atomic mass is 31.2. The van der Waals surface area contributed by atoms with Crippen LogP contribution in [0.3, 0.4) is 0 Å². The zero-order chi connectivity index (χ0) is 66.3. The summed E-state index contributed by atoms with van der Waals surface area (Å²) in [5.41, 5.74) is 0. The van der Waals surface area contributed by atoms with Crippen LogP contribution in [0.4, 0.5) is 0 Å². The molecule has 3 N–H and O–H groups in total. The minimum absolute atomic E-state index is 0.103. The second kappa shape index (κ2) is 64.4. The molecule has 534 valence electrons. The lowest BCUT2D eigenvalue weighted by Gasteiger charge is -2.21. The summed E-state index contributed by atoms with van der Waals surface area (Å²) in [5, 5.41) is 10.6. The maximum Gasteiger partial charge on any atom is 0.472 e. The molecule has 0 saturated carbocycles. The van der Waals surface area contributed by atoms with Gasteiger partial charge in [0.05, 0.1) is 26.4 Å². The number of esters is 4. The molecule has 17 nitrogen and oxygen atoms in total. The maximum atomic E-state index is 13.0. The van der Waals surface area contributed by atoms with Gasteiger partial charge in [-0.05, 0) is 31.6 Å². The van der Waals surface area contributed by atoms with Gasteiger partial charge in [-0.1, -0.05) is 317 Å². The van der Waals surface area contributed by atoms with Crippen LogP contribution >= 0.6 is 15.6 Å². The molecule has 0 heterocycles. The third kappa shape index (κ3) is 64.8. The summed E-state index contributed by atoms with van der Waals surface area (Å²) in [4.78, 5) is 72.4. The number of phosphoric acid groups is 2. The van der Waals surface area contributed by atoms with Crippen LogP contribution in [0.1, 0.15) is 369 Å². The fourth-order valence-corrected chi connectivity index (χ4v) is 12.4. The number of hydrogen-bond acceptors (Lipinski definition) is 15. The minimum atomic E-state index is -4.95. The summed E-state index contributed by atoms with van der Waals surface area (Å²) in [6.45, 7) is 7.15. The standard InChI is InChI=1S/C71H138O17P2/c1-6-9-12-15-18-20-22-24-26-28-30-32-34-36-41-46-51-56-70(75)87-67(61-82-69(74)55-50-45-40-35-33-31-29-27-25-23-21-19-16-13-10-7-2)63-86-90(79,80)84-59-65(72)58-83-89(77,78)85-62-66(60-81-68(73)54-49-44-38-17-14-11-8-3)88-71(76)57-52-47-42-37-39-43-48-53-64(4)5/h64-67,72H,6-63H2,1-5H3,(H,77,78)(H,79,80)/t65-,66+,67+/m0/s1. The number of aliphatic hydroxyl groups is 1. The van der Waals surface area contributed by atoms with Crippen LogP contribution in [-0.2, 0) is 65.4 Å². The highest BCUT2D eigenvalue weighted by Gasteiger charge is 2.30. The van der Waals surface area contributed by atoms with Crippen molar-refractivity contribution >= 4 is 39.5 Å². The Kier molecular flexibility index (Phi) is 63.0. The molecule has 0 saturated heterocycles. The van der Waals surface area contributed by atoms with Crippen LogP contribution in [0.5, 0.6) is 0 Å². The Labute approximate surface area is 549 Å². The summed E-state index contributed by atoms with van der Waals surface area (Å²) >= 11 is 0. The Morgan fingerprint density at radius 3 is 0.756 bits per heavy atom. The lowest BCUT2D eigenvalue weighted by atomic mass is 10.0. The van der Waals surface area contributed by atoms with E-state index in [4.69, 9.17) is 37.0 Å². The van der Waals surface area contributed by atoms with Gasteiger partial charge < -0.3 is 33.8 Å². The molecular formula is C71H138O17P2. The molecule has 0 aromatic rings. The molecule has 0 aliphatic rings. The SMILES string of the molecule is CCCCCCCCCCCCCCCCCCCC(=O)O[C@H](COC(=O)CCCCCCCCCCCCCCCCCC)COP(=O)(O)OC[C@@H](O)COP(=O)(O)OC[C@@H](COC(=O)CCCCCCCCC)OC(=O)CCCCCCCCCC(C)C. The van der Waals surface area contributed by atoms with Crippen LogP contribution in [0.25, 0.3) is 0 Å².